The predicted octanol–water partition coefficient (Wildman–Crippen LogP) is 0.506. The van der Waals surface area contributed by atoms with E-state index < -0.39 is 6.04 Å². The maximum atomic E-state index is 12.6. The quantitative estimate of drug-likeness (QED) is 0.747. The van der Waals surface area contributed by atoms with E-state index in [2.05, 4.69) is 29.8 Å². The summed E-state index contributed by atoms with van der Waals surface area (Å²) < 4.78 is 0. The minimum atomic E-state index is -0.506. The van der Waals surface area contributed by atoms with E-state index in [4.69, 9.17) is 0 Å². The molecule has 3 unspecified atom stereocenters. The third kappa shape index (κ3) is 3.47. The Morgan fingerprint density at radius 1 is 1.35 bits per heavy atom. The zero-order valence-corrected chi connectivity index (χ0v) is 13.2. The molecule has 0 radical (unpaired) electrons. The highest BCUT2D eigenvalue weighted by Gasteiger charge is 2.37. The van der Waals surface area contributed by atoms with Crippen molar-refractivity contribution in [1.29, 1.82) is 0 Å². The molecule has 2 rings (SSSR count). The number of thiol groups is 1. The summed E-state index contributed by atoms with van der Waals surface area (Å²) in [6.45, 7) is 6.40. The summed E-state index contributed by atoms with van der Waals surface area (Å²) in [5, 5.41) is 2.70. The Labute approximate surface area is 126 Å². The third-order valence-electron chi connectivity index (χ3n) is 4.33. The predicted molar refractivity (Wildman–Crippen MR) is 81.8 cm³/mol. The molecular weight excluding hydrogens is 274 g/mol. The fourth-order valence-corrected chi connectivity index (χ4v) is 3.54. The Morgan fingerprint density at radius 2 is 2.10 bits per heavy atom. The van der Waals surface area contributed by atoms with Crippen LogP contribution < -0.4 is 5.32 Å². The molecule has 0 aromatic rings. The second-order valence-electron chi connectivity index (χ2n) is 5.92. The van der Waals surface area contributed by atoms with E-state index in [-0.39, 0.29) is 17.9 Å². The van der Waals surface area contributed by atoms with Gasteiger partial charge < -0.3 is 10.2 Å². The SMILES string of the molecule is CC(=O)NC(CS)C(=O)N1CC2CCCCN2CC1C. The molecule has 3 atom stereocenters. The number of carbonyl (C=O) groups is 2. The van der Waals surface area contributed by atoms with Crippen molar-refractivity contribution in [2.45, 2.75) is 51.2 Å². The minimum Gasteiger partial charge on any atom is -0.344 e. The Morgan fingerprint density at radius 3 is 2.75 bits per heavy atom. The van der Waals surface area contributed by atoms with Gasteiger partial charge in [-0.15, -0.1) is 0 Å². The van der Waals surface area contributed by atoms with Crippen molar-refractivity contribution in [1.82, 2.24) is 15.1 Å². The zero-order chi connectivity index (χ0) is 14.7. The van der Waals surface area contributed by atoms with Crippen LogP contribution >= 0.6 is 12.6 Å². The van der Waals surface area contributed by atoms with Crippen molar-refractivity contribution in [3.8, 4) is 0 Å². The van der Waals surface area contributed by atoms with Gasteiger partial charge in [0.05, 0.1) is 0 Å². The van der Waals surface area contributed by atoms with Gasteiger partial charge in [0.1, 0.15) is 6.04 Å². The monoisotopic (exact) mass is 299 g/mol. The van der Waals surface area contributed by atoms with Gasteiger partial charge in [-0.1, -0.05) is 6.42 Å². The molecule has 20 heavy (non-hydrogen) atoms. The van der Waals surface area contributed by atoms with Gasteiger partial charge in [-0.3, -0.25) is 14.5 Å². The first kappa shape index (κ1) is 15.6. The minimum absolute atomic E-state index is 0.00734. The number of nitrogens with zero attached hydrogens (tertiary/aromatic N) is 2. The molecule has 2 aliphatic rings. The number of carbonyl (C=O) groups excluding carboxylic acids is 2. The molecular formula is C14H25N3O2S. The lowest BCUT2D eigenvalue weighted by molar-refractivity contribution is -0.141. The lowest BCUT2D eigenvalue weighted by atomic mass is 9.96. The van der Waals surface area contributed by atoms with Gasteiger partial charge in [-0.05, 0) is 26.3 Å². The molecule has 114 valence electrons. The summed E-state index contributed by atoms with van der Waals surface area (Å²) >= 11 is 4.20. The lowest BCUT2D eigenvalue weighted by Crippen LogP contribution is -2.63. The van der Waals surface area contributed by atoms with Crippen LogP contribution in [0.15, 0.2) is 0 Å². The van der Waals surface area contributed by atoms with Crippen LogP contribution in [0.1, 0.15) is 33.1 Å². The molecule has 1 N–H and O–H groups in total. The fourth-order valence-electron chi connectivity index (χ4n) is 3.29. The molecule has 2 amide bonds. The summed E-state index contributed by atoms with van der Waals surface area (Å²) in [7, 11) is 0. The van der Waals surface area contributed by atoms with Crippen molar-refractivity contribution in [2.24, 2.45) is 0 Å². The van der Waals surface area contributed by atoms with Crippen LogP contribution in [-0.4, -0.2) is 65.1 Å². The van der Waals surface area contributed by atoms with Crippen LogP contribution in [0, 0.1) is 0 Å². The smallest absolute Gasteiger partial charge is 0.246 e. The lowest BCUT2D eigenvalue weighted by Gasteiger charge is -2.48. The number of amides is 2. The van der Waals surface area contributed by atoms with Crippen LogP contribution in [0.3, 0.4) is 0 Å². The van der Waals surface area contributed by atoms with E-state index in [1.54, 1.807) is 0 Å². The number of fused-ring (bicyclic) bond motifs is 1. The molecule has 0 bridgehead atoms. The van der Waals surface area contributed by atoms with Crippen LogP contribution in [0.5, 0.6) is 0 Å². The van der Waals surface area contributed by atoms with E-state index in [0.717, 1.165) is 19.6 Å². The molecule has 0 aromatic heterocycles. The average Bonchev–Trinajstić information content (AvgIpc) is 2.43. The van der Waals surface area contributed by atoms with Gasteiger partial charge in [0.15, 0.2) is 0 Å². The first-order valence-electron chi connectivity index (χ1n) is 7.45. The normalized spacial score (nSPS) is 28.6. The highest BCUT2D eigenvalue weighted by atomic mass is 32.1. The molecule has 5 nitrogen and oxygen atoms in total. The maximum Gasteiger partial charge on any atom is 0.246 e. The number of hydrogen-bond donors (Lipinski definition) is 2. The van der Waals surface area contributed by atoms with E-state index in [1.165, 1.54) is 26.2 Å². The largest absolute Gasteiger partial charge is 0.344 e. The standard InChI is InChI=1S/C14H25N3O2S/c1-10-7-16-6-4-3-5-12(16)8-17(10)14(19)13(9-20)15-11(2)18/h10,12-13,20H,3-9H2,1-2H3,(H,15,18). The van der Waals surface area contributed by atoms with E-state index >= 15 is 0 Å². The maximum absolute atomic E-state index is 12.6. The van der Waals surface area contributed by atoms with Crippen molar-refractivity contribution in [3.05, 3.63) is 0 Å². The number of rotatable bonds is 3. The second kappa shape index (κ2) is 6.80. The van der Waals surface area contributed by atoms with Gasteiger partial charge in [0.25, 0.3) is 0 Å². The summed E-state index contributed by atoms with van der Waals surface area (Å²) in [5.74, 6) is 0.171. The van der Waals surface area contributed by atoms with Gasteiger partial charge in [0, 0.05) is 37.8 Å². The molecule has 2 aliphatic heterocycles. The Kier molecular flexibility index (Phi) is 5.32. The summed E-state index contributed by atoms with van der Waals surface area (Å²) in [4.78, 5) is 28.2. The van der Waals surface area contributed by atoms with Gasteiger partial charge in [0.2, 0.25) is 11.8 Å². The number of hydrogen-bond acceptors (Lipinski definition) is 4. The Balaban J connectivity index is 2.02. The Bertz CT molecular complexity index is 377. The van der Waals surface area contributed by atoms with E-state index in [1.807, 2.05) is 4.90 Å². The van der Waals surface area contributed by atoms with Crippen LogP contribution in [0.25, 0.3) is 0 Å². The molecule has 6 heteroatoms. The summed E-state index contributed by atoms with van der Waals surface area (Å²) in [6, 6.07) is 0.184. The van der Waals surface area contributed by atoms with Crippen molar-refractivity contribution in [2.75, 3.05) is 25.4 Å². The zero-order valence-electron chi connectivity index (χ0n) is 12.3. The van der Waals surface area contributed by atoms with Crippen molar-refractivity contribution < 1.29 is 9.59 Å². The summed E-state index contributed by atoms with van der Waals surface area (Å²) in [5.41, 5.74) is 0. The first-order chi connectivity index (χ1) is 9.52. The topological polar surface area (TPSA) is 52.7 Å². The van der Waals surface area contributed by atoms with Crippen LogP contribution in [0.4, 0.5) is 0 Å². The number of piperidine rings is 1. The number of piperazine rings is 1. The van der Waals surface area contributed by atoms with Crippen molar-refractivity contribution >= 4 is 24.4 Å². The van der Waals surface area contributed by atoms with Crippen molar-refractivity contribution in [3.63, 3.8) is 0 Å². The molecule has 2 fully saturated rings. The molecule has 0 spiro atoms. The molecule has 0 aliphatic carbocycles. The second-order valence-corrected chi connectivity index (χ2v) is 6.28. The molecule has 0 saturated carbocycles. The highest BCUT2D eigenvalue weighted by molar-refractivity contribution is 7.80. The van der Waals surface area contributed by atoms with E-state index in [9.17, 15) is 9.59 Å². The molecule has 2 saturated heterocycles. The van der Waals surface area contributed by atoms with Crippen LogP contribution in [0.2, 0.25) is 0 Å². The van der Waals surface area contributed by atoms with Crippen LogP contribution in [-0.2, 0) is 9.59 Å². The van der Waals surface area contributed by atoms with Gasteiger partial charge >= 0.3 is 0 Å². The Hall–Kier alpha value is -0.750. The number of nitrogens with one attached hydrogen (secondary N) is 1. The average molecular weight is 299 g/mol. The van der Waals surface area contributed by atoms with Gasteiger partial charge in [-0.25, -0.2) is 0 Å². The third-order valence-corrected chi connectivity index (χ3v) is 4.69. The van der Waals surface area contributed by atoms with E-state index in [0.29, 0.717) is 11.8 Å². The molecule has 2 heterocycles. The summed E-state index contributed by atoms with van der Waals surface area (Å²) in [6.07, 6.45) is 3.68. The first-order valence-corrected chi connectivity index (χ1v) is 8.08. The fraction of sp³-hybridized carbons (Fsp3) is 0.857. The van der Waals surface area contributed by atoms with Gasteiger partial charge in [-0.2, -0.15) is 12.6 Å². The highest BCUT2D eigenvalue weighted by Crippen LogP contribution is 2.24. The molecule has 0 aromatic carbocycles.